The average Bonchev–Trinajstić information content (AvgIpc) is 3.88. The summed E-state index contributed by atoms with van der Waals surface area (Å²) in [6, 6.07) is 15.0. The van der Waals surface area contributed by atoms with Gasteiger partial charge in [0.05, 0.1) is 11.6 Å². The highest BCUT2D eigenvalue weighted by Gasteiger charge is 2.50. The van der Waals surface area contributed by atoms with E-state index in [-0.39, 0.29) is 53.4 Å². The van der Waals surface area contributed by atoms with E-state index in [4.69, 9.17) is 4.98 Å². The van der Waals surface area contributed by atoms with Crippen molar-refractivity contribution in [2.24, 2.45) is 18.9 Å². The van der Waals surface area contributed by atoms with Crippen molar-refractivity contribution in [3.05, 3.63) is 122 Å². The molecule has 12 rings (SSSR count). The summed E-state index contributed by atoms with van der Waals surface area (Å²) in [5.74, 6) is -0.526. The Balaban J connectivity index is 0.628. The summed E-state index contributed by atoms with van der Waals surface area (Å²) in [5, 5.41) is 6.66. The number of anilines is 2. The van der Waals surface area contributed by atoms with Crippen LogP contribution in [0.2, 0.25) is 0 Å². The molecule has 6 aliphatic heterocycles. The number of carbonyl (C=O) groups excluding carboxylic acids is 4. The Kier molecular flexibility index (Phi) is 12.4. The van der Waals surface area contributed by atoms with Crippen molar-refractivity contribution < 1.29 is 23.6 Å². The molecule has 7 aliphatic rings. The quantitative estimate of drug-likeness (QED) is 0.145. The zero-order valence-corrected chi connectivity index (χ0v) is 42.2. The molecule has 4 fully saturated rings. The van der Waals surface area contributed by atoms with Gasteiger partial charge in [-0.25, -0.2) is 9.37 Å². The van der Waals surface area contributed by atoms with Crippen LogP contribution in [-0.2, 0) is 34.4 Å². The molecule has 3 aromatic heterocycles. The Morgan fingerprint density at radius 1 is 0.863 bits per heavy atom. The second-order valence-corrected chi connectivity index (χ2v) is 21.8. The van der Waals surface area contributed by atoms with Crippen molar-refractivity contribution in [2.45, 2.75) is 89.8 Å². The predicted octanol–water partition coefficient (Wildman–Crippen LogP) is 6.31. The van der Waals surface area contributed by atoms with Gasteiger partial charge in [-0.2, -0.15) is 0 Å². The fraction of sp³-hybridized carbons (Fsp3) is 0.474. The maximum absolute atomic E-state index is 16.2. The summed E-state index contributed by atoms with van der Waals surface area (Å²) in [5.41, 5.74) is 10.2. The number of piperazine rings is 1. The number of aromatic nitrogens is 3. The van der Waals surface area contributed by atoms with E-state index >= 15 is 4.39 Å². The molecule has 2 aromatic carbocycles. The van der Waals surface area contributed by atoms with Gasteiger partial charge < -0.3 is 19.7 Å². The Morgan fingerprint density at radius 2 is 1.66 bits per heavy atom. The van der Waals surface area contributed by atoms with Crippen LogP contribution < -0.4 is 21.1 Å². The molecule has 5 aromatic rings. The van der Waals surface area contributed by atoms with Gasteiger partial charge in [0, 0.05) is 143 Å². The van der Waals surface area contributed by atoms with Crippen molar-refractivity contribution in [1.82, 2.24) is 39.0 Å². The highest BCUT2D eigenvalue weighted by molar-refractivity contribution is 6.12. The maximum atomic E-state index is 16.2. The fourth-order valence-electron chi connectivity index (χ4n) is 13.0. The van der Waals surface area contributed by atoms with Crippen LogP contribution in [0, 0.1) is 24.6 Å². The van der Waals surface area contributed by atoms with E-state index < -0.39 is 6.04 Å². The number of amides is 4. The molecule has 9 heterocycles. The number of nitrogens with zero attached hydrogens (tertiary/aromatic N) is 8. The number of imide groups is 1. The lowest BCUT2D eigenvalue weighted by Gasteiger charge is -2.39. The minimum Gasteiger partial charge on any atom is -0.384 e. The first kappa shape index (κ1) is 47.5. The number of benzene rings is 2. The van der Waals surface area contributed by atoms with Gasteiger partial charge >= 0.3 is 0 Å². The van der Waals surface area contributed by atoms with E-state index in [0.29, 0.717) is 61.9 Å². The number of pyridine rings is 2. The number of halogens is 1. The monoisotopic (exact) mass is 989 g/mol. The standard InChI is InChI=1S/C57H65FN10O5/c1-34-28-40(30-44(58)51(34)39-14-21-65(22-15-39)35(2)49-31-43-46(11-18-60-53(43)62(49)3)67-23-16-45-41(56(67)72)10-17-59-45)55(71)66-19-12-36(13-20-66)32-63-24-26-64(27-25-63)33-37-4-7-47-42(29-37)52(38-5-6-38)57(73)68(47)48-8-9-50(69)61-54(48)70/h4,7,11,14,16,18,23,28-31,35-36,38,48,52,59H,5-6,8-10,12-13,15,17,19-22,24-27,32-33H2,1-3H3,(H,61,69,70)/t35-,48?,52?/m0/s1. The van der Waals surface area contributed by atoms with Gasteiger partial charge in [-0.05, 0) is 129 Å². The van der Waals surface area contributed by atoms with Crippen LogP contribution in [-0.4, -0.2) is 129 Å². The summed E-state index contributed by atoms with van der Waals surface area (Å²) < 4.78 is 20.0. The van der Waals surface area contributed by atoms with E-state index in [1.807, 2.05) is 49.3 Å². The Labute approximate surface area is 425 Å². The second-order valence-electron chi connectivity index (χ2n) is 21.8. The Bertz CT molecular complexity index is 3140. The molecule has 4 amide bonds. The molecule has 380 valence electrons. The van der Waals surface area contributed by atoms with Crippen LogP contribution in [0.3, 0.4) is 0 Å². The minimum absolute atomic E-state index is 0.000995. The number of nitrogens with one attached hydrogen (secondary N) is 2. The van der Waals surface area contributed by atoms with Crippen molar-refractivity contribution in [3.8, 4) is 5.69 Å². The molecule has 3 saturated heterocycles. The molecular formula is C57H65FN10O5. The van der Waals surface area contributed by atoms with E-state index in [1.54, 1.807) is 15.7 Å². The van der Waals surface area contributed by atoms with E-state index in [1.165, 1.54) is 11.6 Å². The molecule has 3 atom stereocenters. The van der Waals surface area contributed by atoms with E-state index in [9.17, 15) is 24.0 Å². The number of fused-ring (bicyclic) bond motifs is 3. The number of rotatable bonds is 11. The van der Waals surface area contributed by atoms with Gasteiger partial charge in [0.1, 0.15) is 17.5 Å². The maximum Gasteiger partial charge on any atom is 0.260 e. The summed E-state index contributed by atoms with van der Waals surface area (Å²) in [4.78, 5) is 81.6. The first-order valence-corrected chi connectivity index (χ1v) is 26.6. The van der Waals surface area contributed by atoms with Crippen molar-refractivity contribution in [2.75, 3.05) is 75.7 Å². The number of piperidine rings is 2. The lowest BCUT2D eigenvalue weighted by atomic mass is 9.92. The minimum atomic E-state index is -0.644. The van der Waals surface area contributed by atoms with Crippen LogP contribution >= 0.6 is 0 Å². The number of likely N-dealkylation sites (tertiary alicyclic amines) is 1. The van der Waals surface area contributed by atoms with E-state index in [0.717, 1.165) is 134 Å². The molecule has 16 heteroatoms. The predicted molar refractivity (Wildman–Crippen MR) is 278 cm³/mol. The third-order valence-corrected chi connectivity index (χ3v) is 17.3. The first-order valence-electron chi connectivity index (χ1n) is 26.6. The highest BCUT2D eigenvalue weighted by Crippen LogP contribution is 2.51. The SMILES string of the molecule is Cc1cc(C(=O)N2CCC(CN3CCN(Cc4ccc5c(c4)C(C4CC4)C(=O)N5C4CCC(=O)NC4=O)CC3)CC2)cc(F)c1C1=CCN([C@@H](C)c2cc3c(-n4ccc5c(c4=O)CCN5)ccnc3n2C)CC1. The number of aryl methyl sites for hydroxylation is 2. The molecule has 0 spiro atoms. The van der Waals surface area contributed by atoms with Crippen LogP contribution in [0.4, 0.5) is 15.8 Å². The van der Waals surface area contributed by atoms with Gasteiger partial charge in [0.25, 0.3) is 11.5 Å². The van der Waals surface area contributed by atoms with E-state index in [2.05, 4.69) is 61.1 Å². The Morgan fingerprint density at radius 3 is 2.40 bits per heavy atom. The molecule has 2 N–H and O–H groups in total. The van der Waals surface area contributed by atoms with Crippen LogP contribution in [0.25, 0.3) is 22.3 Å². The average molecular weight is 989 g/mol. The summed E-state index contributed by atoms with van der Waals surface area (Å²) in [7, 11) is 2.02. The number of carbonyl (C=O) groups is 4. The van der Waals surface area contributed by atoms with Gasteiger partial charge in [0.15, 0.2) is 0 Å². The molecule has 1 saturated carbocycles. The molecule has 73 heavy (non-hydrogen) atoms. The zero-order valence-electron chi connectivity index (χ0n) is 42.2. The second kappa shape index (κ2) is 19.1. The third kappa shape index (κ3) is 8.78. The van der Waals surface area contributed by atoms with Gasteiger partial charge in [0.2, 0.25) is 17.7 Å². The molecule has 15 nitrogen and oxygen atoms in total. The zero-order chi connectivity index (χ0) is 50.2. The smallest absolute Gasteiger partial charge is 0.260 e. The molecule has 2 unspecified atom stereocenters. The Hall–Kier alpha value is -6.49. The first-order chi connectivity index (χ1) is 35.4. The lowest BCUT2D eigenvalue weighted by Crippen LogP contribution is -2.54. The molecule has 1 aliphatic carbocycles. The summed E-state index contributed by atoms with van der Waals surface area (Å²) in [6.07, 6.45) is 11.6. The highest BCUT2D eigenvalue weighted by atomic mass is 19.1. The topological polar surface area (TPSA) is 148 Å². The number of hydrogen-bond donors (Lipinski definition) is 2. The van der Waals surface area contributed by atoms with Crippen LogP contribution in [0.5, 0.6) is 0 Å². The van der Waals surface area contributed by atoms with Crippen molar-refractivity contribution >= 4 is 51.6 Å². The van der Waals surface area contributed by atoms with Gasteiger partial charge in [-0.3, -0.25) is 48.6 Å². The van der Waals surface area contributed by atoms with Gasteiger partial charge in [-0.1, -0.05) is 18.2 Å². The van der Waals surface area contributed by atoms with Crippen molar-refractivity contribution in [3.63, 3.8) is 0 Å². The largest absolute Gasteiger partial charge is 0.384 e. The summed E-state index contributed by atoms with van der Waals surface area (Å²) >= 11 is 0. The fourth-order valence-corrected chi connectivity index (χ4v) is 13.0. The normalized spacial score (nSPS) is 22.6. The molecular weight excluding hydrogens is 924 g/mol. The third-order valence-electron chi connectivity index (χ3n) is 17.3. The molecule has 0 bridgehead atoms. The lowest BCUT2D eigenvalue weighted by molar-refractivity contribution is -0.135. The molecule has 0 radical (unpaired) electrons. The van der Waals surface area contributed by atoms with Crippen molar-refractivity contribution in [1.29, 1.82) is 0 Å². The van der Waals surface area contributed by atoms with Crippen LogP contribution in [0.1, 0.15) is 108 Å². The van der Waals surface area contributed by atoms with Gasteiger partial charge in [-0.15, -0.1) is 0 Å². The summed E-state index contributed by atoms with van der Waals surface area (Å²) in [6.45, 7) is 13.2. The number of hydrogen-bond acceptors (Lipinski definition) is 10. The van der Waals surface area contributed by atoms with Crippen LogP contribution in [0.15, 0.2) is 71.8 Å².